The van der Waals surface area contributed by atoms with Gasteiger partial charge in [-0.05, 0) is 18.6 Å². The van der Waals surface area contributed by atoms with E-state index in [4.69, 9.17) is 5.11 Å². The first-order valence-electron chi connectivity index (χ1n) is 7.68. The van der Waals surface area contributed by atoms with E-state index >= 15 is 0 Å². The lowest BCUT2D eigenvalue weighted by atomic mass is 10.1. The van der Waals surface area contributed by atoms with Gasteiger partial charge in [0.1, 0.15) is 5.82 Å². The van der Waals surface area contributed by atoms with Crippen LogP contribution in [-0.2, 0) is 0 Å². The summed E-state index contributed by atoms with van der Waals surface area (Å²) in [5.41, 5.74) is 0.0888. The van der Waals surface area contributed by atoms with Gasteiger partial charge in [-0.1, -0.05) is 57.9 Å². The molecule has 0 amide bonds. The Morgan fingerprint density at radius 2 is 1.75 bits per heavy atom. The number of carboxylic acids is 1. The molecular formula is C16H26N2O2. The van der Waals surface area contributed by atoms with Crippen molar-refractivity contribution in [2.75, 3.05) is 11.9 Å². The van der Waals surface area contributed by atoms with E-state index in [0.29, 0.717) is 5.82 Å². The summed E-state index contributed by atoms with van der Waals surface area (Å²) in [6.45, 7) is 3.09. The van der Waals surface area contributed by atoms with Gasteiger partial charge in [-0.15, -0.1) is 0 Å². The fraction of sp³-hybridized carbons (Fsp3) is 0.625. The molecule has 0 aliphatic rings. The van der Waals surface area contributed by atoms with E-state index in [9.17, 15) is 4.79 Å². The fourth-order valence-electron chi connectivity index (χ4n) is 2.13. The molecule has 0 saturated heterocycles. The smallest absolute Gasteiger partial charge is 0.354 e. The number of hydrogen-bond donors (Lipinski definition) is 2. The minimum absolute atomic E-state index is 0.0888. The van der Waals surface area contributed by atoms with E-state index in [1.807, 2.05) is 0 Å². The minimum atomic E-state index is -0.985. The number of nitrogens with one attached hydrogen (secondary N) is 1. The number of rotatable bonds is 11. The second kappa shape index (κ2) is 10.2. The first-order valence-corrected chi connectivity index (χ1v) is 7.68. The minimum Gasteiger partial charge on any atom is -0.477 e. The van der Waals surface area contributed by atoms with Gasteiger partial charge in [0.05, 0.1) is 0 Å². The van der Waals surface area contributed by atoms with Crippen molar-refractivity contribution in [1.29, 1.82) is 0 Å². The number of pyridine rings is 1. The van der Waals surface area contributed by atoms with Gasteiger partial charge in [0.2, 0.25) is 0 Å². The molecular weight excluding hydrogens is 252 g/mol. The van der Waals surface area contributed by atoms with Crippen molar-refractivity contribution in [2.45, 2.75) is 58.3 Å². The quantitative estimate of drug-likeness (QED) is 0.591. The van der Waals surface area contributed by atoms with Gasteiger partial charge in [0.15, 0.2) is 5.69 Å². The van der Waals surface area contributed by atoms with E-state index < -0.39 is 5.97 Å². The van der Waals surface area contributed by atoms with Crippen molar-refractivity contribution in [1.82, 2.24) is 4.98 Å². The van der Waals surface area contributed by atoms with Crippen LogP contribution in [0.5, 0.6) is 0 Å². The normalized spacial score (nSPS) is 10.4. The lowest BCUT2D eigenvalue weighted by Crippen LogP contribution is -2.06. The first-order chi connectivity index (χ1) is 9.74. The Balaban J connectivity index is 2.06. The van der Waals surface area contributed by atoms with Crippen molar-refractivity contribution in [3.63, 3.8) is 0 Å². The third-order valence-electron chi connectivity index (χ3n) is 3.30. The molecule has 0 radical (unpaired) electrons. The summed E-state index contributed by atoms with van der Waals surface area (Å²) in [5, 5.41) is 12.0. The third-order valence-corrected chi connectivity index (χ3v) is 3.30. The van der Waals surface area contributed by atoms with Crippen LogP contribution in [0.4, 0.5) is 5.82 Å². The number of anilines is 1. The van der Waals surface area contributed by atoms with Crippen LogP contribution in [0.1, 0.15) is 68.8 Å². The molecule has 0 atom stereocenters. The lowest BCUT2D eigenvalue weighted by Gasteiger charge is -2.06. The Bertz CT molecular complexity index is 394. The highest BCUT2D eigenvalue weighted by Gasteiger charge is 2.04. The molecule has 1 rings (SSSR count). The van der Waals surface area contributed by atoms with Crippen molar-refractivity contribution >= 4 is 11.8 Å². The van der Waals surface area contributed by atoms with Crippen LogP contribution in [0.15, 0.2) is 18.2 Å². The molecule has 1 aromatic heterocycles. The number of aromatic carboxylic acids is 1. The number of unbranched alkanes of at least 4 members (excludes halogenated alkanes) is 7. The van der Waals surface area contributed by atoms with E-state index in [1.54, 1.807) is 12.1 Å². The highest BCUT2D eigenvalue weighted by atomic mass is 16.4. The first kappa shape index (κ1) is 16.5. The zero-order valence-corrected chi connectivity index (χ0v) is 12.4. The monoisotopic (exact) mass is 278 g/mol. The fourth-order valence-corrected chi connectivity index (χ4v) is 2.13. The van der Waals surface area contributed by atoms with Crippen LogP contribution < -0.4 is 5.32 Å². The summed E-state index contributed by atoms with van der Waals surface area (Å²) < 4.78 is 0. The molecule has 0 unspecified atom stereocenters. The van der Waals surface area contributed by atoms with Gasteiger partial charge in [0.25, 0.3) is 0 Å². The largest absolute Gasteiger partial charge is 0.477 e. The Kier molecular flexibility index (Phi) is 8.43. The second-order valence-electron chi connectivity index (χ2n) is 5.11. The Labute approximate surface area is 121 Å². The summed E-state index contributed by atoms with van der Waals surface area (Å²) in [7, 11) is 0. The predicted molar refractivity (Wildman–Crippen MR) is 82.3 cm³/mol. The summed E-state index contributed by atoms with van der Waals surface area (Å²) in [6.07, 6.45) is 10.3. The molecule has 112 valence electrons. The van der Waals surface area contributed by atoms with Crippen LogP contribution in [-0.4, -0.2) is 22.6 Å². The van der Waals surface area contributed by atoms with E-state index in [-0.39, 0.29) is 5.69 Å². The maximum Gasteiger partial charge on any atom is 0.354 e. The lowest BCUT2D eigenvalue weighted by molar-refractivity contribution is 0.0690. The van der Waals surface area contributed by atoms with Crippen molar-refractivity contribution in [2.24, 2.45) is 0 Å². The molecule has 1 heterocycles. The van der Waals surface area contributed by atoms with E-state index in [1.165, 1.54) is 51.0 Å². The molecule has 0 aliphatic carbocycles. The molecule has 0 fully saturated rings. The van der Waals surface area contributed by atoms with Gasteiger partial charge < -0.3 is 10.4 Å². The second-order valence-corrected chi connectivity index (χ2v) is 5.11. The molecule has 0 saturated carbocycles. The summed E-state index contributed by atoms with van der Waals surface area (Å²) in [5.74, 6) is -0.339. The molecule has 0 bridgehead atoms. The highest BCUT2D eigenvalue weighted by Crippen LogP contribution is 2.09. The van der Waals surface area contributed by atoms with Crippen LogP contribution in [0.25, 0.3) is 0 Å². The standard InChI is InChI=1S/C16H26N2O2/c1-2-3-4-5-6-7-8-9-13-17-15-12-10-11-14(18-15)16(19)20/h10-12H,2-9,13H2,1H3,(H,17,18)(H,19,20). The molecule has 4 nitrogen and oxygen atoms in total. The topological polar surface area (TPSA) is 62.2 Å². The van der Waals surface area contributed by atoms with E-state index in [0.717, 1.165) is 13.0 Å². The molecule has 0 spiro atoms. The number of nitrogens with zero attached hydrogens (tertiary/aromatic N) is 1. The van der Waals surface area contributed by atoms with E-state index in [2.05, 4.69) is 17.2 Å². The zero-order valence-electron chi connectivity index (χ0n) is 12.4. The molecule has 20 heavy (non-hydrogen) atoms. The van der Waals surface area contributed by atoms with Crippen molar-refractivity contribution in [3.05, 3.63) is 23.9 Å². The van der Waals surface area contributed by atoms with Crippen LogP contribution in [0.3, 0.4) is 0 Å². The average molecular weight is 278 g/mol. The van der Waals surface area contributed by atoms with Gasteiger partial charge in [-0.2, -0.15) is 0 Å². The third kappa shape index (κ3) is 7.12. The number of aromatic nitrogens is 1. The highest BCUT2D eigenvalue weighted by molar-refractivity contribution is 5.85. The van der Waals surface area contributed by atoms with Crippen molar-refractivity contribution in [3.8, 4) is 0 Å². The van der Waals surface area contributed by atoms with Gasteiger partial charge in [-0.3, -0.25) is 0 Å². The Morgan fingerprint density at radius 1 is 1.10 bits per heavy atom. The van der Waals surface area contributed by atoms with Gasteiger partial charge in [-0.25, -0.2) is 9.78 Å². The number of hydrogen-bond acceptors (Lipinski definition) is 3. The molecule has 2 N–H and O–H groups in total. The predicted octanol–water partition coefficient (Wildman–Crippen LogP) is 4.33. The Hall–Kier alpha value is -1.58. The maximum absolute atomic E-state index is 10.8. The van der Waals surface area contributed by atoms with Crippen LogP contribution in [0.2, 0.25) is 0 Å². The number of carbonyl (C=O) groups is 1. The average Bonchev–Trinajstić information content (AvgIpc) is 2.46. The zero-order chi connectivity index (χ0) is 14.6. The number of carboxylic acid groups (broad SMARTS) is 1. The molecule has 4 heteroatoms. The summed E-state index contributed by atoms with van der Waals surface area (Å²) in [6, 6.07) is 5.02. The summed E-state index contributed by atoms with van der Waals surface area (Å²) in [4.78, 5) is 14.8. The van der Waals surface area contributed by atoms with Crippen LogP contribution in [0, 0.1) is 0 Å². The van der Waals surface area contributed by atoms with Crippen molar-refractivity contribution < 1.29 is 9.90 Å². The van der Waals surface area contributed by atoms with Gasteiger partial charge in [0, 0.05) is 6.54 Å². The SMILES string of the molecule is CCCCCCCCCCNc1cccc(C(=O)O)n1. The van der Waals surface area contributed by atoms with Crippen LogP contribution >= 0.6 is 0 Å². The maximum atomic E-state index is 10.8. The molecule has 1 aromatic rings. The molecule has 0 aliphatic heterocycles. The van der Waals surface area contributed by atoms with Gasteiger partial charge >= 0.3 is 5.97 Å². The molecule has 0 aromatic carbocycles. The Morgan fingerprint density at radius 3 is 2.40 bits per heavy atom. The summed E-state index contributed by atoms with van der Waals surface area (Å²) >= 11 is 0.